The molecule has 0 spiro atoms. The quantitative estimate of drug-likeness (QED) is 0.650. The molecule has 13 heteroatoms. The van der Waals surface area contributed by atoms with Gasteiger partial charge in [-0.1, -0.05) is 0 Å². The maximum Gasteiger partial charge on any atom is 0.402 e. The van der Waals surface area contributed by atoms with Crippen LogP contribution in [0.15, 0.2) is 58.3 Å². The molecule has 0 aliphatic carbocycles. The molecule has 2 aromatic rings. The summed E-state index contributed by atoms with van der Waals surface area (Å²) in [6.45, 7) is -1.70. The van der Waals surface area contributed by atoms with Gasteiger partial charge in [0.15, 0.2) is 0 Å². The molecular weight excluding hydrogens is 447 g/mol. The molecule has 164 valence electrons. The van der Waals surface area contributed by atoms with E-state index in [4.69, 9.17) is 0 Å². The molecule has 2 N–H and O–H groups in total. The highest BCUT2D eigenvalue weighted by molar-refractivity contribution is 7.89. The number of sulfonamides is 2. The first-order valence-corrected chi connectivity index (χ1v) is 11.2. The minimum atomic E-state index is -4.69. The SMILES string of the molecule is CN(C)S(=O)(=O)c1ccc(C(=O)Nc2ccc(S(=O)(=O)NCC(F)(F)F)cc2)cc1. The highest BCUT2D eigenvalue weighted by Gasteiger charge is 2.30. The predicted molar refractivity (Wildman–Crippen MR) is 103 cm³/mol. The number of benzene rings is 2. The average Bonchev–Trinajstić information content (AvgIpc) is 2.66. The summed E-state index contributed by atoms with van der Waals surface area (Å²) in [6, 6.07) is 9.67. The van der Waals surface area contributed by atoms with Gasteiger partial charge < -0.3 is 5.32 Å². The zero-order chi connectivity index (χ0) is 22.7. The molecular formula is C17H18F3N3O5S2. The highest BCUT2D eigenvalue weighted by Crippen LogP contribution is 2.18. The topological polar surface area (TPSA) is 113 Å². The summed E-state index contributed by atoms with van der Waals surface area (Å²) >= 11 is 0. The van der Waals surface area contributed by atoms with E-state index in [1.165, 1.54) is 55.2 Å². The lowest BCUT2D eigenvalue weighted by Gasteiger charge is -2.12. The summed E-state index contributed by atoms with van der Waals surface area (Å²) in [6.07, 6.45) is -4.69. The first-order valence-electron chi connectivity index (χ1n) is 8.23. The van der Waals surface area contributed by atoms with Crippen LogP contribution in [0, 0.1) is 0 Å². The molecule has 2 aromatic carbocycles. The van der Waals surface area contributed by atoms with Gasteiger partial charge in [-0.15, -0.1) is 0 Å². The van der Waals surface area contributed by atoms with Gasteiger partial charge in [-0.05, 0) is 48.5 Å². The minimum absolute atomic E-state index is 0.00460. The van der Waals surface area contributed by atoms with Gasteiger partial charge >= 0.3 is 6.18 Å². The van der Waals surface area contributed by atoms with Crippen LogP contribution in [-0.4, -0.2) is 53.9 Å². The van der Waals surface area contributed by atoms with Crippen molar-refractivity contribution in [3.63, 3.8) is 0 Å². The molecule has 0 saturated heterocycles. The van der Waals surface area contributed by atoms with Crippen molar-refractivity contribution >= 4 is 31.6 Å². The number of rotatable bonds is 7. The largest absolute Gasteiger partial charge is 0.402 e. The molecule has 0 saturated carbocycles. The summed E-state index contributed by atoms with van der Waals surface area (Å²) in [5.41, 5.74) is 0.344. The molecule has 0 radical (unpaired) electrons. The van der Waals surface area contributed by atoms with Crippen LogP contribution in [0.2, 0.25) is 0 Å². The first-order chi connectivity index (χ1) is 13.7. The smallest absolute Gasteiger partial charge is 0.322 e. The van der Waals surface area contributed by atoms with E-state index >= 15 is 0 Å². The van der Waals surface area contributed by atoms with Gasteiger partial charge in [0.1, 0.15) is 6.54 Å². The third kappa shape index (κ3) is 6.01. The van der Waals surface area contributed by atoms with Crippen molar-refractivity contribution in [3.8, 4) is 0 Å². The summed E-state index contributed by atoms with van der Waals surface area (Å²) in [5.74, 6) is -0.588. The molecule has 30 heavy (non-hydrogen) atoms. The van der Waals surface area contributed by atoms with E-state index in [-0.39, 0.29) is 16.1 Å². The van der Waals surface area contributed by atoms with Crippen LogP contribution in [0.3, 0.4) is 0 Å². The number of carbonyl (C=O) groups is 1. The van der Waals surface area contributed by atoms with Gasteiger partial charge in [0.05, 0.1) is 9.79 Å². The third-order valence-electron chi connectivity index (χ3n) is 3.78. The van der Waals surface area contributed by atoms with Crippen molar-refractivity contribution in [1.29, 1.82) is 0 Å². The van der Waals surface area contributed by atoms with Gasteiger partial charge in [-0.2, -0.15) is 13.2 Å². The predicted octanol–water partition coefficient (Wildman–Crippen LogP) is 2.03. The fraction of sp³-hybridized carbons (Fsp3) is 0.235. The standard InChI is InChI=1S/C17H18F3N3O5S2/c1-23(2)30(27,28)15-7-3-12(4-8-15)16(24)22-13-5-9-14(10-6-13)29(25,26)21-11-17(18,19)20/h3-10,21H,11H2,1-2H3,(H,22,24). The van der Waals surface area contributed by atoms with E-state index in [0.717, 1.165) is 16.4 Å². The number of halogens is 3. The molecule has 0 heterocycles. The van der Waals surface area contributed by atoms with Crippen molar-refractivity contribution in [3.05, 3.63) is 54.1 Å². The number of hydrogen-bond donors (Lipinski definition) is 2. The Morgan fingerprint density at radius 1 is 0.900 bits per heavy atom. The van der Waals surface area contributed by atoms with Gasteiger partial charge in [0.25, 0.3) is 5.91 Å². The normalized spacial score (nSPS) is 12.7. The Kier molecular flexibility index (Phi) is 6.91. The molecule has 0 aromatic heterocycles. The van der Waals surface area contributed by atoms with Crippen molar-refractivity contribution in [2.24, 2.45) is 0 Å². The monoisotopic (exact) mass is 465 g/mol. The summed E-state index contributed by atoms with van der Waals surface area (Å²) in [4.78, 5) is 11.9. The average molecular weight is 465 g/mol. The molecule has 0 atom stereocenters. The third-order valence-corrected chi connectivity index (χ3v) is 7.03. The molecule has 0 aliphatic rings. The Balaban J connectivity index is 2.09. The van der Waals surface area contributed by atoms with E-state index in [1.54, 1.807) is 0 Å². The van der Waals surface area contributed by atoms with E-state index in [0.29, 0.717) is 0 Å². The highest BCUT2D eigenvalue weighted by atomic mass is 32.2. The second-order valence-electron chi connectivity index (χ2n) is 6.23. The van der Waals surface area contributed by atoms with Crippen molar-refractivity contribution < 1.29 is 34.8 Å². The van der Waals surface area contributed by atoms with E-state index < -0.39 is 43.6 Å². The number of anilines is 1. The number of nitrogens with one attached hydrogen (secondary N) is 2. The molecule has 0 aliphatic heterocycles. The number of carbonyl (C=O) groups excluding carboxylic acids is 1. The lowest BCUT2D eigenvalue weighted by atomic mass is 10.2. The molecule has 0 bridgehead atoms. The lowest BCUT2D eigenvalue weighted by Crippen LogP contribution is -2.33. The second kappa shape index (κ2) is 8.71. The van der Waals surface area contributed by atoms with Crippen LogP contribution < -0.4 is 10.0 Å². The fourth-order valence-corrected chi connectivity index (χ4v) is 4.09. The Labute approximate surface area is 171 Å². The second-order valence-corrected chi connectivity index (χ2v) is 10.1. The van der Waals surface area contributed by atoms with Gasteiger partial charge in [-0.25, -0.2) is 25.9 Å². The molecule has 1 amide bonds. The van der Waals surface area contributed by atoms with Crippen LogP contribution in [0.25, 0.3) is 0 Å². The van der Waals surface area contributed by atoms with Crippen LogP contribution in [0.4, 0.5) is 18.9 Å². The zero-order valence-corrected chi connectivity index (χ0v) is 17.4. The first kappa shape index (κ1) is 23.8. The van der Waals surface area contributed by atoms with Gasteiger partial charge in [0, 0.05) is 25.3 Å². The van der Waals surface area contributed by atoms with E-state index in [9.17, 15) is 34.8 Å². The van der Waals surface area contributed by atoms with Gasteiger partial charge in [-0.3, -0.25) is 4.79 Å². The number of nitrogens with zero attached hydrogens (tertiary/aromatic N) is 1. The van der Waals surface area contributed by atoms with Crippen LogP contribution in [-0.2, 0) is 20.0 Å². The zero-order valence-electron chi connectivity index (χ0n) is 15.8. The summed E-state index contributed by atoms with van der Waals surface area (Å²) in [5, 5.41) is 2.48. The Morgan fingerprint density at radius 3 is 1.87 bits per heavy atom. The van der Waals surface area contributed by atoms with Crippen LogP contribution in [0.1, 0.15) is 10.4 Å². The minimum Gasteiger partial charge on any atom is -0.322 e. The van der Waals surface area contributed by atoms with Crippen molar-refractivity contribution in [2.45, 2.75) is 16.0 Å². The van der Waals surface area contributed by atoms with Crippen molar-refractivity contribution in [2.75, 3.05) is 26.0 Å². The van der Waals surface area contributed by atoms with E-state index in [2.05, 4.69) is 5.32 Å². The Bertz CT molecular complexity index is 1110. The van der Waals surface area contributed by atoms with Crippen molar-refractivity contribution in [1.82, 2.24) is 9.03 Å². The van der Waals surface area contributed by atoms with Crippen LogP contribution in [0.5, 0.6) is 0 Å². The van der Waals surface area contributed by atoms with Gasteiger partial charge in [0.2, 0.25) is 20.0 Å². The lowest BCUT2D eigenvalue weighted by molar-refractivity contribution is -0.121. The summed E-state index contributed by atoms with van der Waals surface area (Å²) < 4.78 is 86.8. The fourth-order valence-electron chi connectivity index (χ4n) is 2.17. The van der Waals surface area contributed by atoms with Crippen LogP contribution >= 0.6 is 0 Å². The molecule has 0 fully saturated rings. The number of amides is 1. The maximum atomic E-state index is 12.3. The Morgan fingerprint density at radius 2 is 1.40 bits per heavy atom. The Hall–Kier alpha value is -2.48. The van der Waals surface area contributed by atoms with E-state index in [1.807, 2.05) is 0 Å². The summed E-state index contributed by atoms with van der Waals surface area (Å²) in [7, 11) is -5.26. The number of hydrogen-bond acceptors (Lipinski definition) is 5. The number of alkyl halides is 3. The maximum absolute atomic E-state index is 12.3. The molecule has 2 rings (SSSR count). The molecule has 8 nitrogen and oxygen atoms in total. The molecule has 0 unspecified atom stereocenters.